The molecule has 20 heavy (non-hydrogen) atoms. The lowest BCUT2D eigenvalue weighted by molar-refractivity contribution is 0.0517. The number of Topliss-reactive ketones (excluding diaryl/α,β-unsaturated/α-hetero) is 1. The molecule has 0 atom stereocenters. The van der Waals surface area contributed by atoms with Gasteiger partial charge in [0.15, 0.2) is 11.5 Å². The van der Waals surface area contributed by atoms with E-state index >= 15 is 0 Å². The first-order valence-corrected chi connectivity index (χ1v) is 6.90. The van der Waals surface area contributed by atoms with E-state index < -0.39 is 5.97 Å². The highest BCUT2D eigenvalue weighted by Gasteiger charge is 2.23. The standard InChI is InChI=1S/C14H14N2O3S/c1-3-19-14(18)11-12(8(2)17)20-13(16-11)9-6-4-5-7-10(9)15/h4-7H,3,15H2,1-2H3. The Hall–Kier alpha value is -2.21. The summed E-state index contributed by atoms with van der Waals surface area (Å²) in [5, 5.41) is 0.538. The number of ether oxygens (including phenoxy) is 1. The maximum Gasteiger partial charge on any atom is 0.358 e. The third kappa shape index (κ3) is 2.70. The molecule has 6 heteroatoms. The molecule has 1 aromatic heterocycles. The number of nitrogens with two attached hydrogens (primary N) is 1. The molecule has 0 saturated heterocycles. The SMILES string of the molecule is CCOC(=O)c1nc(-c2ccccc2N)sc1C(C)=O. The molecule has 1 aromatic carbocycles. The van der Waals surface area contributed by atoms with Crippen molar-refractivity contribution in [3.63, 3.8) is 0 Å². The Kier molecular flexibility index (Phi) is 4.14. The number of rotatable bonds is 4. The van der Waals surface area contributed by atoms with E-state index in [1.54, 1.807) is 19.1 Å². The van der Waals surface area contributed by atoms with E-state index in [1.165, 1.54) is 6.92 Å². The summed E-state index contributed by atoms with van der Waals surface area (Å²) in [6, 6.07) is 7.18. The summed E-state index contributed by atoms with van der Waals surface area (Å²) in [4.78, 5) is 28.0. The van der Waals surface area contributed by atoms with Gasteiger partial charge in [-0.2, -0.15) is 0 Å². The van der Waals surface area contributed by atoms with Crippen LogP contribution in [0.25, 0.3) is 10.6 Å². The van der Waals surface area contributed by atoms with E-state index in [4.69, 9.17) is 10.5 Å². The van der Waals surface area contributed by atoms with E-state index in [2.05, 4.69) is 4.98 Å². The highest BCUT2D eigenvalue weighted by molar-refractivity contribution is 7.17. The Balaban J connectivity index is 2.53. The fraction of sp³-hybridized carbons (Fsp3) is 0.214. The van der Waals surface area contributed by atoms with E-state index in [1.807, 2.05) is 12.1 Å². The number of nitrogen functional groups attached to an aromatic ring is 1. The number of carbonyl (C=O) groups excluding carboxylic acids is 2. The van der Waals surface area contributed by atoms with Crippen LogP contribution in [-0.2, 0) is 4.74 Å². The van der Waals surface area contributed by atoms with Crippen LogP contribution in [0.1, 0.15) is 34.0 Å². The predicted molar refractivity (Wildman–Crippen MR) is 77.9 cm³/mol. The maximum atomic E-state index is 11.8. The Morgan fingerprint density at radius 2 is 2.05 bits per heavy atom. The number of esters is 1. The largest absolute Gasteiger partial charge is 0.461 e. The van der Waals surface area contributed by atoms with Gasteiger partial charge in [-0.3, -0.25) is 4.79 Å². The zero-order valence-corrected chi connectivity index (χ0v) is 12.0. The second-order valence-electron chi connectivity index (χ2n) is 4.06. The number of benzene rings is 1. The first kappa shape index (κ1) is 14.2. The van der Waals surface area contributed by atoms with E-state index in [-0.39, 0.29) is 18.1 Å². The van der Waals surface area contributed by atoms with Crippen molar-refractivity contribution in [1.29, 1.82) is 0 Å². The molecule has 0 radical (unpaired) electrons. The van der Waals surface area contributed by atoms with Gasteiger partial charge in [0, 0.05) is 18.2 Å². The second kappa shape index (κ2) is 5.83. The van der Waals surface area contributed by atoms with Gasteiger partial charge in [0.25, 0.3) is 0 Å². The van der Waals surface area contributed by atoms with Gasteiger partial charge in [-0.15, -0.1) is 11.3 Å². The van der Waals surface area contributed by atoms with Crippen molar-refractivity contribution in [1.82, 2.24) is 4.98 Å². The zero-order valence-electron chi connectivity index (χ0n) is 11.2. The van der Waals surface area contributed by atoms with Gasteiger partial charge < -0.3 is 10.5 Å². The van der Waals surface area contributed by atoms with E-state index in [0.29, 0.717) is 21.1 Å². The second-order valence-corrected chi connectivity index (χ2v) is 5.06. The van der Waals surface area contributed by atoms with Crippen molar-refractivity contribution < 1.29 is 14.3 Å². The van der Waals surface area contributed by atoms with E-state index in [0.717, 1.165) is 11.3 Å². The van der Waals surface area contributed by atoms with Gasteiger partial charge >= 0.3 is 5.97 Å². The van der Waals surface area contributed by atoms with Crippen LogP contribution >= 0.6 is 11.3 Å². The number of nitrogens with zero attached hydrogens (tertiary/aromatic N) is 1. The number of hydrogen-bond acceptors (Lipinski definition) is 6. The molecular weight excluding hydrogens is 276 g/mol. The number of hydrogen-bond donors (Lipinski definition) is 1. The molecule has 104 valence electrons. The van der Waals surface area contributed by atoms with Crippen LogP contribution in [0.5, 0.6) is 0 Å². The molecule has 0 aliphatic heterocycles. The van der Waals surface area contributed by atoms with E-state index in [9.17, 15) is 9.59 Å². The number of para-hydroxylation sites is 1. The highest BCUT2D eigenvalue weighted by atomic mass is 32.1. The van der Waals surface area contributed by atoms with Crippen molar-refractivity contribution in [3.8, 4) is 10.6 Å². The van der Waals surface area contributed by atoms with Crippen molar-refractivity contribution in [2.24, 2.45) is 0 Å². The predicted octanol–water partition coefficient (Wildman–Crippen LogP) is 2.77. The Bertz CT molecular complexity index is 664. The summed E-state index contributed by atoms with van der Waals surface area (Å²) in [5.41, 5.74) is 7.20. The van der Waals surface area contributed by atoms with Crippen molar-refractivity contribution >= 4 is 28.8 Å². The lowest BCUT2D eigenvalue weighted by Crippen LogP contribution is -2.09. The number of ketones is 1. The highest BCUT2D eigenvalue weighted by Crippen LogP contribution is 2.32. The minimum absolute atomic E-state index is 0.0580. The molecule has 0 aliphatic carbocycles. The number of carbonyl (C=O) groups is 2. The lowest BCUT2D eigenvalue weighted by Gasteiger charge is -2.00. The molecular formula is C14H14N2O3S. The average molecular weight is 290 g/mol. The van der Waals surface area contributed by atoms with Gasteiger partial charge in [-0.05, 0) is 19.1 Å². The van der Waals surface area contributed by atoms with Gasteiger partial charge in [0.2, 0.25) is 0 Å². The average Bonchev–Trinajstić information content (AvgIpc) is 2.84. The monoisotopic (exact) mass is 290 g/mol. The summed E-state index contributed by atoms with van der Waals surface area (Å²) < 4.78 is 4.92. The molecule has 0 aliphatic rings. The first-order valence-electron chi connectivity index (χ1n) is 6.08. The fourth-order valence-electron chi connectivity index (χ4n) is 1.70. The Labute approximate surface area is 120 Å². The van der Waals surface area contributed by atoms with Gasteiger partial charge in [0.1, 0.15) is 9.88 Å². The fourth-order valence-corrected chi connectivity index (χ4v) is 2.70. The van der Waals surface area contributed by atoms with Crippen LogP contribution in [0.4, 0.5) is 5.69 Å². The number of thiazole rings is 1. The normalized spacial score (nSPS) is 10.3. The summed E-state index contributed by atoms with van der Waals surface area (Å²) in [5.74, 6) is -0.805. The Morgan fingerprint density at radius 1 is 1.35 bits per heavy atom. The number of aromatic nitrogens is 1. The van der Waals surface area contributed by atoms with Crippen LogP contribution in [-0.4, -0.2) is 23.3 Å². The lowest BCUT2D eigenvalue weighted by atomic mass is 10.2. The molecule has 0 unspecified atom stereocenters. The quantitative estimate of drug-likeness (QED) is 0.532. The molecule has 0 bridgehead atoms. The Morgan fingerprint density at radius 3 is 2.65 bits per heavy atom. The van der Waals surface area contributed by atoms with Gasteiger partial charge in [0.05, 0.1) is 6.61 Å². The third-order valence-corrected chi connectivity index (χ3v) is 3.80. The van der Waals surface area contributed by atoms with Crippen molar-refractivity contribution in [3.05, 3.63) is 34.8 Å². The minimum Gasteiger partial charge on any atom is -0.461 e. The van der Waals surface area contributed by atoms with Crippen LogP contribution in [0.15, 0.2) is 24.3 Å². The summed E-state index contributed by atoms with van der Waals surface area (Å²) in [6.45, 7) is 3.33. The van der Waals surface area contributed by atoms with Crippen LogP contribution in [0, 0.1) is 0 Å². The topological polar surface area (TPSA) is 82.3 Å². The smallest absolute Gasteiger partial charge is 0.358 e. The molecule has 0 amide bonds. The molecule has 1 heterocycles. The molecule has 2 aromatic rings. The molecule has 5 nitrogen and oxygen atoms in total. The summed E-state index contributed by atoms with van der Waals surface area (Å²) >= 11 is 1.15. The summed E-state index contributed by atoms with van der Waals surface area (Å²) in [6.07, 6.45) is 0. The zero-order chi connectivity index (χ0) is 14.7. The maximum absolute atomic E-state index is 11.8. The molecule has 2 rings (SSSR count). The first-order chi connectivity index (χ1) is 9.54. The van der Waals surface area contributed by atoms with Crippen molar-refractivity contribution in [2.45, 2.75) is 13.8 Å². The molecule has 2 N–H and O–H groups in total. The van der Waals surface area contributed by atoms with Crippen LogP contribution in [0.2, 0.25) is 0 Å². The van der Waals surface area contributed by atoms with Crippen LogP contribution < -0.4 is 5.73 Å². The summed E-state index contributed by atoms with van der Waals surface area (Å²) in [7, 11) is 0. The molecule has 0 saturated carbocycles. The third-order valence-electron chi connectivity index (χ3n) is 2.61. The molecule has 0 fully saturated rings. The van der Waals surface area contributed by atoms with Gasteiger partial charge in [-0.1, -0.05) is 12.1 Å². The van der Waals surface area contributed by atoms with Crippen molar-refractivity contribution in [2.75, 3.05) is 12.3 Å². The van der Waals surface area contributed by atoms with Crippen LogP contribution in [0.3, 0.4) is 0 Å². The van der Waals surface area contributed by atoms with Gasteiger partial charge in [-0.25, -0.2) is 9.78 Å². The minimum atomic E-state index is -0.588. The number of anilines is 1. The molecule has 0 spiro atoms.